The molecule has 3 N–H and O–H groups in total. The summed E-state index contributed by atoms with van der Waals surface area (Å²) in [5.41, 5.74) is 5.79. The monoisotopic (exact) mass is 248 g/mol. The normalized spacial score (nSPS) is 12.7. The third kappa shape index (κ3) is 2.30. The minimum absolute atomic E-state index is 0.255. The van der Waals surface area contributed by atoms with Crippen molar-refractivity contribution in [1.29, 1.82) is 0 Å². The summed E-state index contributed by atoms with van der Waals surface area (Å²) in [6, 6.07) is 4.90. The van der Waals surface area contributed by atoms with Crippen LogP contribution in [0.2, 0.25) is 0 Å². The molecule has 0 spiro atoms. The number of benzene rings is 1. The molecule has 0 saturated carbocycles. The minimum Gasteiger partial charge on any atom is -0.469 e. The fourth-order valence-corrected chi connectivity index (χ4v) is 2.25. The summed E-state index contributed by atoms with van der Waals surface area (Å²) < 4.78 is 19.4. The van der Waals surface area contributed by atoms with Gasteiger partial charge in [0.25, 0.3) is 0 Å². The molecule has 2 rings (SSSR count). The molecule has 0 aliphatic rings. The van der Waals surface area contributed by atoms with Crippen molar-refractivity contribution in [3.05, 3.63) is 58.3 Å². The predicted octanol–water partition coefficient (Wildman–Crippen LogP) is 2.90. The summed E-state index contributed by atoms with van der Waals surface area (Å²) >= 11 is 0. The van der Waals surface area contributed by atoms with Crippen molar-refractivity contribution >= 4 is 0 Å². The fraction of sp³-hybridized carbons (Fsp3) is 0.286. The van der Waals surface area contributed by atoms with E-state index in [4.69, 9.17) is 10.3 Å². The standard InChI is InChI=1S/C14H17FN2O/c1-8-4-9(2)13(12(15)5-8)14(17-16)11-6-10(3)18-7-11/h4-7,14,17H,16H2,1-3H3. The molecule has 1 aromatic carbocycles. The lowest BCUT2D eigenvalue weighted by atomic mass is 9.95. The second-order valence-electron chi connectivity index (χ2n) is 4.57. The topological polar surface area (TPSA) is 51.2 Å². The average molecular weight is 248 g/mol. The van der Waals surface area contributed by atoms with Gasteiger partial charge < -0.3 is 4.42 Å². The first-order chi connectivity index (χ1) is 8.52. The highest BCUT2D eigenvalue weighted by atomic mass is 19.1. The van der Waals surface area contributed by atoms with Gasteiger partial charge in [-0.05, 0) is 44.0 Å². The molecule has 4 heteroatoms. The summed E-state index contributed by atoms with van der Waals surface area (Å²) in [7, 11) is 0. The van der Waals surface area contributed by atoms with E-state index < -0.39 is 6.04 Å². The lowest BCUT2D eigenvalue weighted by Crippen LogP contribution is -2.30. The molecular formula is C14H17FN2O. The summed E-state index contributed by atoms with van der Waals surface area (Å²) in [5, 5.41) is 0. The van der Waals surface area contributed by atoms with Gasteiger partial charge in [-0.3, -0.25) is 5.84 Å². The number of aryl methyl sites for hydroxylation is 3. The van der Waals surface area contributed by atoms with Crippen LogP contribution in [0.15, 0.2) is 28.9 Å². The van der Waals surface area contributed by atoms with E-state index in [1.54, 1.807) is 6.26 Å². The first-order valence-electron chi connectivity index (χ1n) is 5.80. The molecule has 0 saturated heterocycles. The fourth-order valence-electron chi connectivity index (χ4n) is 2.25. The number of nitrogens with two attached hydrogens (primary N) is 1. The molecule has 3 nitrogen and oxygen atoms in total. The van der Waals surface area contributed by atoms with Crippen LogP contribution in [0.4, 0.5) is 4.39 Å². The van der Waals surface area contributed by atoms with E-state index in [0.29, 0.717) is 5.56 Å². The van der Waals surface area contributed by atoms with Crippen molar-refractivity contribution in [2.75, 3.05) is 0 Å². The van der Waals surface area contributed by atoms with Crippen molar-refractivity contribution in [2.45, 2.75) is 26.8 Å². The molecule has 0 radical (unpaired) electrons. The molecule has 0 amide bonds. The molecule has 0 fully saturated rings. The maximum absolute atomic E-state index is 14.1. The highest BCUT2D eigenvalue weighted by Crippen LogP contribution is 2.28. The lowest BCUT2D eigenvalue weighted by molar-refractivity contribution is 0.519. The van der Waals surface area contributed by atoms with Crippen molar-refractivity contribution in [3.63, 3.8) is 0 Å². The molecule has 1 atom stereocenters. The number of hydrazine groups is 1. The van der Waals surface area contributed by atoms with Crippen LogP contribution < -0.4 is 11.3 Å². The highest BCUT2D eigenvalue weighted by Gasteiger charge is 2.20. The van der Waals surface area contributed by atoms with E-state index in [0.717, 1.165) is 22.5 Å². The SMILES string of the molecule is Cc1cc(C)c(C(NN)c2coc(C)c2)c(F)c1. The zero-order chi connectivity index (χ0) is 13.3. The maximum atomic E-state index is 14.1. The van der Waals surface area contributed by atoms with Crippen LogP contribution in [-0.4, -0.2) is 0 Å². The van der Waals surface area contributed by atoms with Crippen molar-refractivity contribution in [3.8, 4) is 0 Å². The lowest BCUT2D eigenvalue weighted by Gasteiger charge is -2.18. The zero-order valence-corrected chi connectivity index (χ0v) is 10.8. The van der Waals surface area contributed by atoms with E-state index in [1.807, 2.05) is 32.9 Å². The van der Waals surface area contributed by atoms with Crippen LogP contribution in [0.25, 0.3) is 0 Å². The van der Waals surface area contributed by atoms with Gasteiger partial charge in [0.15, 0.2) is 0 Å². The summed E-state index contributed by atoms with van der Waals surface area (Å²) in [4.78, 5) is 0. The van der Waals surface area contributed by atoms with Gasteiger partial charge in [-0.1, -0.05) is 6.07 Å². The Labute approximate surface area is 106 Å². The quantitative estimate of drug-likeness (QED) is 0.648. The van der Waals surface area contributed by atoms with Crippen molar-refractivity contribution < 1.29 is 8.81 Å². The van der Waals surface area contributed by atoms with Crippen LogP contribution in [0.5, 0.6) is 0 Å². The second-order valence-corrected chi connectivity index (χ2v) is 4.57. The molecular weight excluding hydrogens is 231 g/mol. The Kier molecular flexibility index (Phi) is 3.50. The van der Waals surface area contributed by atoms with E-state index in [2.05, 4.69) is 5.43 Å². The Morgan fingerprint density at radius 1 is 1.22 bits per heavy atom. The van der Waals surface area contributed by atoms with Crippen LogP contribution in [0.1, 0.15) is 34.1 Å². The Balaban J connectivity index is 2.51. The van der Waals surface area contributed by atoms with Crippen LogP contribution in [-0.2, 0) is 0 Å². The van der Waals surface area contributed by atoms with Crippen LogP contribution in [0.3, 0.4) is 0 Å². The van der Waals surface area contributed by atoms with E-state index >= 15 is 0 Å². The first kappa shape index (κ1) is 12.8. The van der Waals surface area contributed by atoms with E-state index in [1.165, 1.54) is 6.07 Å². The molecule has 96 valence electrons. The van der Waals surface area contributed by atoms with Gasteiger partial charge in [-0.25, -0.2) is 9.82 Å². The Morgan fingerprint density at radius 3 is 2.44 bits per heavy atom. The molecule has 0 aliphatic carbocycles. The van der Waals surface area contributed by atoms with Crippen LogP contribution >= 0.6 is 0 Å². The smallest absolute Gasteiger partial charge is 0.128 e. The van der Waals surface area contributed by atoms with Gasteiger partial charge in [-0.15, -0.1) is 0 Å². The van der Waals surface area contributed by atoms with E-state index in [9.17, 15) is 4.39 Å². The number of halogens is 1. The Bertz CT molecular complexity index is 540. The number of furan rings is 1. The molecule has 0 bridgehead atoms. The number of nitrogens with one attached hydrogen (secondary N) is 1. The third-order valence-corrected chi connectivity index (χ3v) is 3.02. The van der Waals surface area contributed by atoms with E-state index in [-0.39, 0.29) is 5.82 Å². The third-order valence-electron chi connectivity index (χ3n) is 3.02. The highest BCUT2D eigenvalue weighted by molar-refractivity contribution is 5.39. The van der Waals surface area contributed by atoms with Gasteiger partial charge in [0, 0.05) is 11.1 Å². The number of hydrogen-bond acceptors (Lipinski definition) is 3. The summed E-state index contributed by atoms with van der Waals surface area (Å²) in [6.07, 6.45) is 1.60. The molecule has 1 unspecified atom stereocenters. The van der Waals surface area contributed by atoms with Gasteiger partial charge in [0.05, 0.1) is 12.3 Å². The van der Waals surface area contributed by atoms with Crippen LogP contribution in [0, 0.1) is 26.6 Å². The van der Waals surface area contributed by atoms with Gasteiger partial charge in [0.1, 0.15) is 11.6 Å². The number of hydrogen-bond donors (Lipinski definition) is 2. The Hall–Kier alpha value is -1.65. The molecule has 1 heterocycles. The molecule has 1 aromatic heterocycles. The van der Waals surface area contributed by atoms with Crippen molar-refractivity contribution in [1.82, 2.24) is 5.43 Å². The van der Waals surface area contributed by atoms with Gasteiger partial charge in [-0.2, -0.15) is 0 Å². The molecule has 18 heavy (non-hydrogen) atoms. The molecule has 0 aliphatic heterocycles. The van der Waals surface area contributed by atoms with Gasteiger partial charge in [0.2, 0.25) is 0 Å². The largest absolute Gasteiger partial charge is 0.469 e. The first-order valence-corrected chi connectivity index (χ1v) is 5.80. The predicted molar refractivity (Wildman–Crippen MR) is 68.5 cm³/mol. The number of rotatable bonds is 3. The van der Waals surface area contributed by atoms with Gasteiger partial charge >= 0.3 is 0 Å². The average Bonchev–Trinajstić information content (AvgIpc) is 2.69. The summed E-state index contributed by atoms with van der Waals surface area (Å²) in [6.45, 7) is 5.59. The molecule has 2 aromatic rings. The Morgan fingerprint density at radius 2 is 1.94 bits per heavy atom. The summed E-state index contributed by atoms with van der Waals surface area (Å²) in [5.74, 6) is 6.08. The minimum atomic E-state index is -0.400. The zero-order valence-electron chi connectivity index (χ0n) is 10.8. The second kappa shape index (κ2) is 4.92. The maximum Gasteiger partial charge on any atom is 0.128 e. The van der Waals surface area contributed by atoms with Crippen molar-refractivity contribution in [2.24, 2.45) is 5.84 Å².